The average molecular weight is 325 g/mol. The van der Waals surface area contributed by atoms with Gasteiger partial charge in [-0.3, -0.25) is 14.5 Å². The fraction of sp³-hybridized carbons (Fsp3) is 0.111. The minimum Gasteiger partial charge on any atom is -0.496 e. The summed E-state index contributed by atoms with van der Waals surface area (Å²) in [4.78, 5) is 25.9. The lowest BCUT2D eigenvalue weighted by Crippen LogP contribution is -2.27. The number of nitrogens with zero attached hydrogens (tertiary/aromatic N) is 1. The number of hydrogen-bond donors (Lipinski definition) is 0. The highest BCUT2D eigenvalue weighted by atomic mass is 32.2. The van der Waals surface area contributed by atoms with Gasteiger partial charge in [-0.2, -0.15) is 0 Å². The molecule has 0 unspecified atom stereocenters. The molecule has 1 fully saturated rings. The van der Waals surface area contributed by atoms with E-state index in [2.05, 4.69) is 6.58 Å². The standard InChI is InChI=1S/C18H15NO3S/c1-3-10-19-17(20)16(23-18(19)21)11-14-13-7-5-4-6-12(13)8-9-15(14)22-2/h3-9,11H,1,10H2,2H3/b16-11-. The molecule has 0 N–H and O–H groups in total. The predicted molar refractivity (Wildman–Crippen MR) is 93.4 cm³/mol. The van der Waals surface area contributed by atoms with Gasteiger partial charge in [-0.05, 0) is 34.7 Å². The third-order valence-electron chi connectivity index (χ3n) is 3.61. The van der Waals surface area contributed by atoms with E-state index >= 15 is 0 Å². The van der Waals surface area contributed by atoms with Gasteiger partial charge < -0.3 is 4.74 Å². The highest BCUT2D eigenvalue weighted by Gasteiger charge is 2.34. The second kappa shape index (κ2) is 6.30. The summed E-state index contributed by atoms with van der Waals surface area (Å²) in [6, 6.07) is 11.7. The van der Waals surface area contributed by atoms with Crippen LogP contribution >= 0.6 is 11.8 Å². The molecule has 1 aliphatic rings. The maximum atomic E-state index is 12.4. The molecular weight excluding hydrogens is 310 g/mol. The summed E-state index contributed by atoms with van der Waals surface area (Å²) in [5, 5.41) is 1.74. The molecule has 3 rings (SSSR count). The smallest absolute Gasteiger partial charge is 0.293 e. The summed E-state index contributed by atoms with van der Waals surface area (Å²) < 4.78 is 5.42. The molecule has 0 saturated carbocycles. The molecule has 23 heavy (non-hydrogen) atoms. The molecule has 1 aliphatic heterocycles. The van der Waals surface area contributed by atoms with Crippen LogP contribution in [0.1, 0.15) is 5.56 Å². The van der Waals surface area contributed by atoms with Crippen molar-refractivity contribution in [2.24, 2.45) is 0 Å². The molecule has 2 aromatic carbocycles. The lowest BCUT2D eigenvalue weighted by Gasteiger charge is -2.10. The van der Waals surface area contributed by atoms with E-state index in [9.17, 15) is 9.59 Å². The highest BCUT2D eigenvalue weighted by Crippen LogP contribution is 2.36. The number of carbonyl (C=O) groups is 2. The number of methoxy groups -OCH3 is 1. The van der Waals surface area contributed by atoms with Gasteiger partial charge in [-0.25, -0.2) is 0 Å². The van der Waals surface area contributed by atoms with Gasteiger partial charge in [0, 0.05) is 12.1 Å². The van der Waals surface area contributed by atoms with Crippen LogP contribution in [0.25, 0.3) is 16.8 Å². The first-order valence-corrected chi connectivity index (χ1v) is 7.89. The summed E-state index contributed by atoms with van der Waals surface area (Å²) in [7, 11) is 1.59. The number of rotatable bonds is 4. The third kappa shape index (κ3) is 2.75. The van der Waals surface area contributed by atoms with Crippen molar-refractivity contribution < 1.29 is 14.3 Å². The Kier molecular flexibility index (Phi) is 4.21. The Hall–Kier alpha value is -2.53. The van der Waals surface area contributed by atoms with Gasteiger partial charge in [0.1, 0.15) is 5.75 Å². The Morgan fingerprint density at radius 2 is 2.00 bits per heavy atom. The summed E-state index contributed by atoms with van der Waals surface area (Å²) >= 11 is 0.940. The SMILES string of the molecule is C=CCN1C(=O)S/C(=C\c2c(OC)ccc3ccccc23)C1=O. The molecule has 2 aromatic rings. The number of hydrogen-bond acceptors (Lipinski definition) is 4. The Morgan fingerprint density at radius 1 is 1.22 bits per heavy atom. The number of benzene rings is 2. The Balaban J connectivity index is 2.12. The Morgan fingerprint density at radius 3 is 2.74 bits per heavy atom. The molecule has 4 nitrogen and oxygen atoms in total. The van der Waals surface area contributed by atoms with Crippen molar-refractivity contribution in [3.63, 3.8) is 0 Å². The highest BCUT2D eigenvalue weighted by molar-refractivity contribution is 8.18. The normalized spacial score (nSPS) is 16.4. The van der Waals surface area contributed by atoms with Crippen molar-refractivity contribution in [2.45, 2.75) is 0 Å². The number of amides is 2. The van der Waals surface area contributed by atoms with Gasteiger partial charge in [0.05, 0.1) is 12.0 Å². The largest absolute Gasteiger partial charge is 0.496 e. The second-order valence-electron chi connectivity index (χ2n) is 4.98. The topological polar surface area (TPSA) is 46.6 Å². The number of fused-ring (bicyclic) bond motifs is 1. The van der Waals surface area contributed by atoms with Crippen molar-refractivity contribution in [1.82, 2.24) is 4.90 Å². The van der Waals surface area contributed by atoms with Crippen molar-refractivity contribution in [2.75, 3.05) is 13.7 Å². The number of carbonyl (C=O) groups excluding carboxylic acids is 2. The van der Waals surface area contributed by atoms with E-state index in [0.717, 1.165) is 28.1 Å². The van der Waals surface area contributed by atoms with Crippen LogP contribution in [0.15, 0.2) is 54.0 Å². The minimum atomic E-state index is -0.296. The number of thioether (sulfide) groups is 1. The monoisotopic (exact) mass is 325 g/mol. The Bertz CT molecular complexity index is 841. The van der Waals surface area contributed by atoms with Gasteiger partial charge in [0.2, 0.25) is 0 Å². The van der Waals surface area contributed by atoms with Crippen LogP contribution in [0.3, 0.4) is 0 Å². The minimum absolute atomic E-state index is 0.217. The van der Waals surface area contributed by atoms with Gasteiger partial charge in [0.15, 0.2) is 0 Å². The molecule has 1 saturated heterocycles. The van der Waals surface area contributed by atoms with Crippen LogP contribution in [0, 0.1) is 0 Å². The van der Waals surface area contributed by atoms with Crippen LogP contribution in [-0.4, -0.2) is 29.7 Å². The molecule has 0 aliphatic carbocycles. The first kappa shape index (κ1) is 15.4. The second-order valence-corrected chi connectivity index (χ2v) is 5.98. The van der Waals surface area contributed by atoms with E-state index in [0.29, 0.717) is 10.7 Å². The fourth-order valence-corrected chi connectivity index (χ4v) is 3.35. The van der Waals surface area contributed by atoms with Gasteiger partial charge in [-0.1, -0.05) is 36.4 Å². The van der Waals surface area contributed by atoms with Crippen molar-refractivity contribution in [3.8, 4) is 5.75 Å². The summed E-state index contributed by atoms with van der Waals surface area (Å²) in [5.74, 6) is 0.370. The predicted octanol–water partition coefficient (Wildman–Crippen LogP) is 4.07. The van der Waals surface area contributed by atoms with E-state index in [1.54, 1.807) is 13.2 Å². The van der Waals surface area contributed by atoms with Crippen LogP contribution in [-0.2, 0) is 4.79 Å². The first-order valence-electron chi connectivity index (χ1n) is 7.07. The van der Waals surface area contributed by atoms with Crippen LogP contribution in [0.4, 0.5) is 4.79 Å². The average Bonchev–Trinajstić information content (AvgIpc) is 2.83. The molecule has 0 atom stereocenters. The number of ether oxygens (including phenoxy) is 1. The molecule has 0 bridgehead atoms. The van der Waals surface area contributed by atoms with E-state index in [-0.39, 0.29) is 17.7 Å². The van der Waals surface area contributed by atoms with Crippen LogP contribution in [0.2, 0.25) is 0 Å². The quantitative estimate of drug-likeness (QED) is 0.628. The van der Waals surface area contributed by atoms with Crippen LogP contribution < -0.4 is 4.74 Å². The van der Waals surface area contributed by atoms with Gasteiger partial charge in [-0.15, -0.1) is 6.58 Å². The summed E-state index contributed by atoms with van der Waals surface area (Å²) in [6.45, 7) is 3.79. The Labute approximate surface area is 138 Å². The molecule has 0 radical (unpaired) electrons. The van der Waals surface area contributed by atoms with Crippen molar-refractivity contribution in [1.29, 1.82) is 0 Å². The molecule has 116 valence electrons. The van der Waals surface area contributed by atoms with Gasteiger partial charge in [0.25, 0.3) is 11.1 Å². The first-order chi connectivity index (χ1) is 11.2. The maximum Gasteiger partial charge on any atom is 0.293 e. The lowest BCUT2D eigenvalue weighted by molar-refractivity contribution is -0.122. The fourth-order valence-electron chi connectivity index (χ4n) is 2.52. The number of imide groups is 1. The molecule has 2 amide bonds. The zero-order chi connectivity index (χ0) is 16.4. The molecule has 5 heteroatoms. The van der Waals surface area contributed by atoms with Crippen LogP contribution in [0.5, 0.6) is 5.75 Å². The van der Waals surface area contributed by atoms with Crippen molar-refractivity contribution >= 4 is 39.8 Å². The van der Waals surface area contributed by atoms with E-state index < -0.39 is 0 Å². The summed E-state index contributed by atoms with van der Waals surface area (Å²) in [6.07, 6.45) is 3.27. The van der Waals surface area contributed by atoms with Gasteiger partial charge >= 0.3 is 0 Å². The van der Waals surface area contributed by atoms with Crippen molar-refractivity contribution in [3.05, 3.63) is 59.5 Å². The summed E-state index contributed by atoms with van der Waals surface area (Å²) in [5.41, 5.74) is 0.801. The molecule has 0 aromatic heterocycles. The lowest BCUT2D eigenvalue weighted by atomic mass is 10.0. The van der Waals surface area contributed by atoms with E-state index in [1.165, 1.54) is 11.0 Å². The zero-order valence-corrected chi connectivity index (χ0v) is 13.4. The van der Waals surface area contributed by atoms with E-state index in [4.69, 9.17) is 4.74 Å². The molecular formula is C18H15NO3S. The molecule has 1 heterocycles. The third-order valence-corrected chi connectivity index (χ3v) is 4.52. The maximum absolute atomic E-state index is 12.4. The molecule has 0 spiro atoms. The van der Waals surface area contributed by atoms with E-state index in [1.807, 2.05) is 36.4 Å². The zero-order valence-electron chi connectivity index (χ0n) is 12.6.